The van der Waals surface area contributed by atoms with Crippen molar-refractivity contribution in [2.24, 2.45) is 34.5 Å². The zero-order valence-corrected chi connectivity index (χ0v) is 14.1. The second-order valence-corrected chi connectivity index (χ2v) is 9.02. The Hall–Kier alpha value is -0.630. The monoisotopic (exact) mass is 302 g/mol. The standard InChI is InChI=1S/C20H30O2/c1-19-9-7-15(22)11-13(19)3-5-16-17-6-4-14(12-21)20(17,2)10-8-18(16)19/h3,12,14-18,22H,4-11H2,1-2H3/t14?,15?,16-,17-,18-,19-,20+/m0/s1. The lowest BCUT2D eigenvalue weighted by atomic mass is 9.47. The van der Waals surface area contributed by atoms with E-state index in [1.807, 2.05) is 0 Å². The molecule has 122 valence electrons. The molecule has 0 bridgehead atoms. The minimum Gasteiger partial charge on any atom is -0.393 e. The lowest BCUT2D eigenvalue weighted by Crippen LogP contribution is -2.50. The van der Waals surface area contributed by atoms with E-state index in [4.69, 9.17) is 0 Å². The fourth-order valence-electron chi connectivity index (χ4n) is 6.91. The Morgan fingerprint density at radius 2 is 1.95 bits per heavy atom. The highest BCUT2D eigenvalue weighted by molar-refractivity contribution is 5.56. The van der Waals surface area contributed by atoms with Crippen LogP contribution in [0.1, 0.15) is 65.2 Å². The van der Waals surface area contributed by atoms with E-state index in [0.29, 0.717) is 11.3 Å². The Kier molecular flexibility index (Phi) is 3.35. The lowest BCUT2D eigenvalue weighted by Gasteiger charge is -2.57. The molecule has 0 aromatic carbocycles. The first-order valence-electron chi connectivity index (χ1n) is 9.32. The SMILES string of the molecule is C[C@]12CCC(O)CC1=CC[C@@H]1[C@@H]2CC[C@]2(C)C(C=O)CC[C@@H]12. The van der Waals surface area contributed by atoms with Gasteiger partial charge < -0.3 is 9.90 Å². The third-order valence-corrected chi connectivity index (χ3v) is 8.32. The maximum atomic E-state index is 11.5. The predicted molar refractivity (Wildman–Crippen MR) is 87.3 cm³/mol. The van der Waals surface area contributed by atoms with E-state index < -0.39 is 0 Å². The predicted octanol–water partition coefficient (Wildman–Crippen LogP) is 4.13. The van der Waals surface area contributed by atoms with E-state index in [-0.39, 0.29) is 11.5 Å². The quantitative estimate of drug-likeness (QED) is 0.584. The van der Waals surface area contributed by atoms with Crippen molar-refractivity contribution in [3.05, 3.63) is 11.6 Å². The van der Waals surface area contributed by atoms with Gasteiger partial charge in [-0.1, -0.05) is 25.5 Å². The molecule has 3 saturated carbocycles. The summed E-state index contributed by atoms with van der Waals surface area (Å²) in [5.74, 6) is 2.59. The fraction of sp³-hybridized carbons (Fsp3) is 0.850. The van der Waals surface area contributed by atoms with Crippen LogP contribution in [0.3, 0.4) is 0 Å². The molecule has 0 spiro atoms. The molecule has 2 heteroatoms. The molecule has 0 heterocycles. The molecule has 0 radical (unpaired) electrons. The average Bonchev–Trinajstić information content (AvgIpc) is 2.84. The van der Waals surface area contributed by atoms with Crippen LogP contribution in [-0.4, -0.2) is 17.5 Å². The largest absolute Gasteiger partial charge is 0.393 e. The van der Waals surface area contributed by atoms with Crippen molar-refractivity contribution in [3.63, 3.8) is 0 Å². The van der Waals surface area contributed by atoms with Crippen molar-refractivity contribution in [2.75, 3.05) is 0 Å². The Morgan fingerprint density at radius 1 is 1.14 bits per heavy atom. The van der Waals surface area contributed by atoms with Crippen LogP contribution in [0.2, 0.25) is 0 Å². The van der Waals surface area contributed by atoms with E-state index in [9.17, 15) is 9.90 Å². The van der Waals surface area contributed by atoms with Crippen LogP contribution in [-0.2, 0) is 4.79 Å². The summed E-state index contributed by atoms with van der Waals surface area (Å²) in [7, 11) is 0. The number of aliphatic hydroxyl groups excluding tert-OH is 1. The van der Waals surface area contributed by atoms with Gasteiger partial charge in [-0.05, 0) is 80.0 Å². The zero-order chi connectivity index (χ0) is 15.5. The van der Waals surface area contributed by atoms with Crippen LogP contribution in [0, 0.1) is 34.5 Å². The molecular weight excluding hydrogens is 272 g/mol. The average molecular weight is 302 g/mol. The number of carbonyl (C=O) groups is 1. The first-order valence-corrected chi connectivity index (χ1v) is 9.32. The topological polar surface area (TPSA) is 37.3 Å². The van der Waals surface area contributed by atoms with Crippen LogP contribution < -0.4 is 0 Å². The molecule has 2 unspecified atom stereocenters. The number of rotatable bonds is 1. The maximum absolute atomic E-state index is 11.5. The van der Waals surface area contributed by atoms with Gasteiger partial charge in [0, 0.05) is 5.92 Å². The van der Waals surface area contributed by atoms with Gasteiger partial charge in [-0.25, -0.2) is 0 Å². The highest BCUT2D eigenvalue weighted by Gasteiger charge is 2.58. The van der Waals surface area contributed by atoms with E-state index in [1.54, 1.807) is 5.57 Å². The van der Waals surface area contributed by atoms with Gasteiger partial charge in [0.2, 0.25) is 0 Å². The number of fused-ring (bicyclic) bond motifs is 5. The van der Waals surface area contributed by atoms with E-state index >= 15 is 0 Å². The van der Waals surface area contributed by atoms with Crippen molar-refractivity contribution in [1.82, 2.24) is 0 Å². The molecule has 0 saturated heterocycles. The highest BCUT2D eigenvalue weighted by Crippen LogP contribution is 2.65. The molecular formula is C20H30O2. The van der Waals surface area contributed by atoms with Crippen molar-refractivity contribution in [2.45, 2.75) is 71.3 Å². The molecule has 0 aromatic rings. The Balaban J connectivity index is 1.67. The molecule has 22 heavy (non-hydrogen) atoms. The van der Waals surface area contributed by atoms with Crippen LogP contribution in [0.5, 0.6) is 0 Å². The minimum absolute atomic E-state index is 0.115. The summed E-state index contributed by atoms with van der Waals surface area (Å²) in [6.07, 6.45) is 12.7. The lowest BCUT2D eigenvalue weighted by molar-refractivity contribution is -0.117. The van der Waals surface area contributed by atoms with Crippen LogP contribution in [0.4, 0.5) is 0 Å². The molecule has 2 nitrogen and oxygen atoms in total. The summed E-state index contributed by atoms with van der Waals surface area (Å²) in [4.78, 5) is 11.5. The van der Waals surface area contributed by atoms with Crippen LogP contribution >= 0.6 is 0 Å². The van der Waals surface area contributed by atoms with Gasteiger partial charge >= 0.3 is 0 Å². The summed E-state index contributed by atoms with van der Waals surface area (Å²) in [6, 6.07) is 0. The Morgan fingerprint density at radius 3 is 2.73 bits per heavy atom. The highest BCUT2D eigenvalue weighted by atomic mass is 16.3. The number of carbonyl (C=O) groups excluding carboxylic acids is 1. The van der Waals surface area contributed by atoms with Gasteiger partial charge in [0.25, 0.3) is 0 Å². The summed E-state index contributed by atoms with van der Waals surface area (Å²) >= 11 is 0. The van der Waals surface area contributed by atoms with E-state index in [1.165, 1.54) is 32.0 Å². The third-order valence-electron chi connectivity index (χ3n) is 8.32. The van der Waals surface area contributed by atoms with Crippen molar-refractivity contribution >= 4 is 6.29 Å². The molecule has 4 rings (SSSR count). The molecule has 4 aliphatic rings. The Bertz CT molecular complexity index is 510. The molecule has 4 aliphatic carbocycles. The van der Waals surface area contributed by atoms with Crippen LogP contribution in [0.15, 0.2) is 11.6 Å². The smallest absolute Gasteiger partial charge is 0.123 e. The normalized spacial score (nSPS) is 54.0. The van der Waals surface area contributed by atoms with Crippen LogP contribution in [0.25, 0.3) is 0 Å². The van der Waals surface area contributed by atoms with Crippen molar-refractivity contribution < 1.29 is 9.90 Å². The zero-order valence-electron chi connectivity index (χ0n) is 14.1. The second-order valence-electron chi connectivity index (χ2n) is 9.02. The minimum atomic E-state index is -0.115. The molecule has 3 fully saturated rings. The molecule has 1 N–H and O–H groups in total. The number of hydrogen-bond acceptors (Lipinski definition) is 2. The van der Waals surface area contributed by atoms with E-state index in [0.717, 1.165) is 43.4 Å². The fourth-order valence-corrected chi connectivity index (χ4v) is 6.91. The Labute approximate surface area is 134 Å². The summed E-state index contributed by atoms with van der Waals surface area (Å²) < 4.78 is 0. The number of allylic oxidation sites excluding steroid dienone is 1. The molecule has 0 aromatic heterocycles. The van der Waals surface area contributed by atoms with Gasteiger partial charge in [0.15, 0.2) is 0 Å². The second kappa shape index (κ2) is 4.93. The molecule has 0 amide bonds. The number of aldehydes is 1. The van der Waals surface area contributed by atoms with Crippen molar-refractivity contribution in [3.8, 4) is 0 Å². The number of hydrogen-bond donors (Lipinski definition) is 1. The van der Waals surface area contributed by atoms with Gasteiger partial charge in [0.1, 0.15) is 6.29 Å². The summed E-state index contributed by atoms with van der Waals surface area (Å²) in [6.45, 7) is 4.86. The number of aliphatic hydroxyl groups is 1. The van der Waals surface area contributed by atoms with Gasteiger partial charge in [-0.2, -0.15) is 0 Å². The first-order chi connectivity index (χ1) is 10.5. The molecule has 0 aliphatic heterocycles. The van der Waals surface area contributed by atoms with Crippen molar-refractivity contribution in [1.29, 1.82) is 0 Å². The van der Waals surface area contributed by atoms with Gasteiger partial charge in [-0.3, -0.25) is 0 Å². The summed E-state index contributed by atoms with van der Waals surface area (Å²) in [5, 5.41) is 10.0. The first kappa shape index (κ1) is 14.9. The van der Waals surface area contributed by atoms with Gasteiger partial charge in [0.05, 0.1) is 6.10 Å². The third kappa shape index (κ3) is 1.85. The molecule has 7 atom stereocenters. The van der Waals surface area contributed by atoms with Gasteiger partial charge in [-0.15, -0.1) is 0 Å². The maximum Gasteiger partial charge on any atom is 0.123 e. The summed E-state index contributed by atoms with van der Waals surface area (Å²) in [5.41, 5.74) is 2.13. The van der Waals surface area contributed by atoms with E-state index in [2.05, 4.69) is 19.9 Å².